The second-order valence-electron chi connectivity index (χ2n) is 7.84. The molecule has 0 aromatic heterocycles. The Hall–Kier alpha value is -3.80. The van der Waals surface area contributed by atoms with Crippen LogP contribution < -0.4 is 15.4 Å². The van der Waals surface area contributed by atoms with Crippen molar-refractivity contribution in [1.29, 1.82) is 0 Å². The molecule has 2 amide bonds. The van der Waals surface area contributed by atoms with Crippen molar-refractivity contribution in [3.63, 3.8) is 0 Å². The molecule has 1 fully saturated rings. The van der Waals surface area contributed by atoms with E-state index in [1.165, 1.54) is 0 Å². The van der Waals surface area contributed by atoms with E-state index >= 15 is 0 Å². The van der Waals surface area contributed by atoms with Crippen molar-refractivity contribution in [3.05, 3.63) is 83.9 Å². The molecule has 1 saturated heterocycles. The Morgan fingerprint density at radius 3 is 2.38 bits per heavy atom. The average Bonchev–Trinajstić information content (AvgIpc) is 3.35. The standard InChI is InChI=1S/C26H27N3O3/c1-19-17-20(26(31)29-15-7-8-16-29)13-14-22(19)27-18-25(30)28-23-11-5-6-12-24(23)32-21-9-3-2-4-10-21/h2-6,9-14,17,27H,7-8,15-16,18H2,1H3,(H,28,30). The summed E-state index contributed by atoms with van der Waals surface area (Å²) >= 11 is 0. The Labute approximate surface area is 188 Å². The van der Waals surface area contributed by atoms with Gasteiger partial charge in [0.25, 0.3) is 5.91 Å². The molecule has 1 aliphatic rings. The lowest BCUT2D eigenvalue weighted by molar-refractivity contribution is -0.114. The number of para-hydroxylation sites is 3. The van der Waals surface area contributed by atoms with Gasteiger partial charge >= 0.3 is 0 Å². The van der Waals surface area contributed by atoms with E-state index in [0.29, 0.717) is 22.7 Å². The Balaban J connectivity index is 1.36. The van der Waals surface area contributed by atoms with Crippen LogP contribution in [0.3, 0.4) is 0 Å². The Morgan fingerprint density at radius 1 is 0.906 bits per heavy atom. The van der Waals surface area contributed by atoms with Gasteiger partial charge in [0.2, 0.25) is 5.91 Å². The third-order valence-corrected chi connectivity index (χ3v) is 5.44. The highest BCUT2D eigenvalue weighted by molar-refractivity contribution is 5.96. The number of ether oxygens (including phenoxy) is 1. The summed E-state index contributed by atoms with van der Waals surface area (Å²) in [4.78, 5) is 27.0. The van der Waals surface area contributed by atoms with Gasteiger partial charge in [-0.2, -0.15) is 0 Å². The van der Waals surface area contributed by atoms with Crippen LogP contribution in [0.1, 0.15) is 28.8 Å². The molecule has 0 aliphatic carbocycles. The van der Waals surface area contributed by atoms with Crippen LogP contribution in [0.5, 0.6) is 11.5 Å². The molecule has 4 rings (SSSR count). The van der Waals surface area contributed by atoms with Crippen LogP contribution >= 0.6 is 0 Å². The first-order valence-corrected chi connectivity index (χ1v) is 10.9. The molecule has 0 radical (unpaired) electrons. The normalized spacial score (nSPS) is 13.0. The summed E-state index contributed by atoms with van der Waals surface area (Å²) in [5.74, 6) is 1.16. The van der Waals surface area contributed by atoms with E-state index < -0.39 is 0 Å². The van der Waals surface area contributed by atoms with Crippen molar-refractivity contribution >= 4 is 23.2 Å². The monoisotopic (exact) mass is 429 g/mol. The fourth-order valence-corrected chi connectivity index (χ4v) is 3.74. The Bertz CT molecular complexity index is 1090. The largest absolute Gasteiger partial charge is 0.455 e. The lowest BCUT2D eigenvalue weighted by Gasteiger charge is -2.17. The van der Waals surface area contributed by atoms with Crippen molar-refractivity contribution < 1.29 is 14.3 Å². The van der Waals surface area contributed by atoms with Gasteiger partial charge in [-0.15, -0.1) is 0 Å². The number of hydrogen-bond donors (Lipinski definition) is 2. The first-order valence-electron chi connectivity index (χ1n) is 10.9. The second kappa shape index (κ2) is 10.0. The number of rotatable bonds is 7. The molecule has 2 N–H and O–H groups in total. The molecule has 32 heavy (non-hydrogen) atoms. The summed E-state index contributed by atoms with van der Waals surface area (Å²) in [6, 6.07) is 22.3. The van der Waals surface area contributed by atoms with Crippen LogP contribution in [-0.2, 0) is 4.79 Å². The fraction of sp³-hybridized carbons (Fsp3) is 0.231. The van der Waals surface area contributed by atoms with E-state index in [-0.39, 0.29) is 18.4 Å². The fourth-order valence-electron chi connectivity index (χ4n) is 3.74. The molecular weight excluding hydrogens is 402 g/mol. The molecule has 6 nitrogen and oxygen atoms in total. The van der Waals surface area contributed by atoms with Gasteiger partial charge < -0.3 is 20.3 Å². The molecule has 0 atom stereocenters. The number of nitrogens with zero attached hydrogens (tertiary/aromatic N) is 1. The van der Waals surface area contributed by atoms with Gasteiger partial charge in [0.15, 0.2) is 5.75 Å². The van der Waals surface area contributed by atoms with Gasteiger partial charge in [0.1, 0.15) is 5.75 Å². The molecule has 3 aromatic carbocycles. The van der Waals surface area contributed by atoms with Crippen molar-refractivity contribution in [2.75, 3.05) is 30.3 Å². The molecular formula is C26H27N3O3. The first kappa shape index (κ1) is 21.4. The van der Waals surface area contributed by atoms with Gasteiger partial charge in [-0.05, 0) is 67.8 Å². The van der Waals surface area contributed by atoms with Crippen LogP contribution in [0.2, 0.25) is 0 Å². The number of anilines is 2. The highest BCUT2D eigenvalue weighted by Crippen LogP contribution is 2.29. The number of likely N-dealkylation sites (tertiary alicyclic amines) is 1. The van der Waals surface area contributed by atoms with E-state index in [1.807, 2.05) is 78.6 Å². The van der Waals surface area contributed by atoms with Gasteiger partial charge in [-0.3, -0.25) is 9.59 Å². The highest BCUT2D eigenvalue weighted by atomic mass is 16.5. The summed E-state index contributed by atoms with van der Waals surface area (Å²) in [6.45, 7) is 3.69. The second-order valence-corrected chi connectivity index (χ2v) is 7.84. The molecule has 164 valence electrons. The van der Waals surface area contributed by atoms with Crippen LogP contribution in [-0.4, -0.2) is 36.3 Å². The number of benzene rings is 3. The number of amides is 2. The molecule has 0 bridgehead atoms. The molecule has 1 aliphatic heterocycles. The summed E-state index contributed by atoms with van der Waals surface area (Å²) in [5.41, 5.74) is 3.04. The summed E-state index contributed by atoms with van der Waals surface area (Å²) < 4.78 is 5.90. The molecule has 3 aromatic rings. The molecule has 0 saturated carbocycles. The molecule has 0 unspecified atom stereocenters. The van der Waals surface area contributed by atoms with Gasteiger partial charge in [-0.1, -0.05) is 30.3 Å². The number of hydrogen-bond acceptors (Lipinski definition) is 4. The maximum Gasteiger partial charge on any atom is 0.253 e. The van der Waals surface area contributed by atoms with Crippen LogP contribution in [0, 0.1) is 6.92 Å². The SMILES string of the molecule is Cc1cc(C(=O)N2CCCC2)ccc1NCC(=O)Nc1ccccc1Oc1ccccc1. The third kappa shape index (κ3) is 5.27. The van der Waals surface area contributed by atoms with E-state index in [1.54, 1.807) is 6.07 Å². The van der Waals surface area contributed by atoms with Crippen LogP contribution in [0.15, 0.2) is 72.8 Å². The summed E-state index contributed by atoms with van der Waals surface area (Å²) in [7, 11) is 0. The molecule has 0 spiro atoms. The smallest absolute Gasteiger partial charge is 0.253 e. The van der Waals surface area contributed by atoms with Crippen LogP contribution in [0.4, 0.5) is 11.4 Å². The van der Waals surface area contributed by atoms with Crippen molar-refractivity contribution in [2.24, 2.45) is 0 Å². The summed E-state index contributed by atoms with van der Waals surface area (Å²) in [5, 5.41) is 6.06. The predicted octanol–water partition coefficient (Wildman–Crippen LogP) is 5.07. The maximum absolute atomic E-state index is 12.6. The zero-order valence-corrected chi connectivity index (χ0v) is 18.1. The van der Waals surface area contributed by atoms with Gasteiger partial charge in [-0.25, -0.2) is 0 Å². The minimum Gasteiger partial charge on any atom is -0.455 e. The van der Waals surface area contributed by atoms with E-state index in [2.05, 4.69) is 10.6 Å². The Morgan fingerprint density at radius 2 is 1.62 bits per heavy atom. The average molecular weight is 430 g/mol. The first-order chi connectivity index (χ1) is 15.6. The molecule has 6 heteroatoms. The third-order valence-electron chi connectivity index (χ3n) is 5.44. The zero-order valence-electron chi connectivity index (χ0n) is 18.1. The number of carbonyl (C=O) groups is 2. The van der Waals surface area contributed by atoms with Crippen LogP contribution in [0.25, 0.3) is 0 Å². The predicted molar refractivity (Wildman–Crippen MR) is 126 cm³/mol. The number of nitrogens with one attached hydrogen (secondary N) is 2. The number of aryl methyl sites for hydroxylation is 1. The quantitative estimate of drug-likeness (QED) is 0.550. The van der Waals surface area contributed by atoms with E-state index in [9.17, 15) is 9.59 Å². The van der Waals surface area contributed by atoms with Gasteiger partial charge in [0.05, 0.1) is 12.2 Å². The van der Waals surface area contributed by atoms with Gasteiger partial charge in [0, 0.05) is 24.3 Å². The Kier molecular flexibility index (Phi) is 6.70. The minimum atomic E-state index is -0.189. The van der Waals surface area contributed by atoms with E-state index in [4.69, 9.17) is 4.74 Å². The van der Waals surface area contributed by atoms with E-state index in [0.717, 1.165) is 37.2 Å². The van der Waals surface area contributed by atoms with Crippen molar-refractivity contribution in [1.82, 2.24) is 4.90 Å². The van der Waals surface area contributed by atoms with Crippen molar-refractivity contribution in [2.45, 2.75) is 19.8 Å². The lowest BCUT2D eigenvalue weighted by Crippen LogP contribution is -2.27. The topological polar surface area (TPSA) is 70.7 Å². The minimum absolute atomic E-state index is 0.0740. The van der Waals surface area contributed by atoms with Crippen molar-refractivity contribution in [3.8, 4) is 11.5 Å². The highest BCUT2D eigenvalue weighted by Gasteiger charge is 2.20. The number of carbonyl (C=O) groups excluding carboxylic acids is 2. The zero-order chi connectivity index (χ0) is 22.3. The summed E-state index contributed by atoms with van der Waals surface area (Å²) in [6.07, 6.45) is 2.14. The maximum atomic E-state index is 12.6. The molecule has 1 heterocycles. The lowest BCUT2D eigenvalue weighted by atomic mass is 10.1.